The summed E-state index contributed by atoms with van der Waals surface area (Å²) < 4.78 is 0. The number of carboxylic acids is 1. The molecule has 0 unspecified atom stereocenters. The van der Waals surface area contributed by atoms with Gasteiger partial charge in [-0.2, -0.15) is 0 Å². The van der Waals surface area contributed by atoms with Crippen LogP contribution in [-0.4, -0.2) is 22.8 Å². The highest BCUT2D eigenvalue weighted by molar-refractivity contribution is 5.67. The minimum atomic E-state index is -1.19. The predicted octanol–water partition coefficient (Wildman–Crippen LogP) is -0.613. The van der Waals surface area contributed by atoms with Gasteiger partial charge in [0.1, 0.15) is 6.61 Å². The number of carbonyl (C=O) groups is 1. The van der Waals surface area contributed by atoms with Crippen molar-refractivity contribution in [2.75, 3.05) is 6.61 Å². The largest absolute Gasteiger partial charge is 0.480 e. The van der Waals surface area contributed by atoms with Gasteiger partial charge in [-0.15, -0.1) is 0 Å². The van der Waals surface area contributed by atoms with Gasteiger partial charge < -0.3 is 22.5 Å². The third-order valence-electron chi connectivity index (χ3n) is 0.135. The molecule has 0 aliphatic carbocycles. The van der Waals surface area contributed by atoms with Crippen LogP contribution < -0.4 is 12.3 Å². The molecule has 0 saturated carbocycles. The van der Waals surface area contributed by atoms with E-state index in [1.807, 2.05) is 0 Å². The summed E-state index contributed by atoms with van der Waals surface area (Å²) in [5, 5.41) is 15.0. The van der Waals surface area contributed by atoms with Crippen molar-refractivity contribution in [1.82, 2.24) is 12.3 Å². The molecule has 5 nitrogen and oxygen atoms in total. The third-order valence-corrected chi connectivity index (χ3v) is 0.135. The Morgan fingerprint density at radius 3 is 1.57 bits per heavy atom. The fraction of sp³-hybridized carbons (Fsp3) is 0.500. The topological polar surface area (TPSA) is 128 Å². The normalized spacial score (nSPS) is 5.29. The number of aliphatic hydroxyl groups excluding tert-OH is 1. The zero-order chi connectivity index (χ0) is 4.28. The fourth-order valence-corrected chi connectivity index (χ4v) is 0. The predicted molar refractivity (Wildman–Crippen MR) is 24.8 cm³/mol. The Morgan fingerprint density at radius 2 is 1.57 bits per heavy atom. The van der Waals surface area contributed by atoms with Gasteiger partial charge in [0.25, 0.3) is 0 Å². The first-order valence-electron chi connectivity index (χ1n) is 1.10. The molecule has 0 aromatic rings. The van der Waals surface area contributed by atoms with Crippen LogP contribution in [-0.2, 0) is 4.79 Å². The lowest BCUT2D eigenvalue weighted by Crippen LogP contribution is -1.98. The zero-order valence-corrected chi connectivity index (χ0v) is 3.92. The molecule has 7 heavy (non-hydrogen) atoms. The second-order valence-corrected chi connectivity index (χ2v) is 0.552. The summed E-state index contributed by atoms with van der Waals surface area (Å²) in [5.74, 6) is -1.19. The van der Waals surface area contributed by atoms with Crippen molar-refractivity contribution in [1.29, 1.82) is 0 Å². The second-order valence-electron chi connectivity index (χ2n) is 0.552. The fourth-order valence-electron chi connectivity index (χ4n) is 0. The number of aliphatic hydroxyl groups is 1. The van der Waals surface area contributed by atoms with Gasteiger partial charge in [-0.25, -0.2) is 4.79 Å². The van der Waals surface area contributed by atoms with Crippen molar-refractivity contribution in [3.63, 3.8) is 0 Å². The first kappa shape index (κ1) is 16.2. The zero-order valence-electron chi connectivity index (χ0n) is 3.92. The van der Waals surface area contributed by atoms with Crippen molar-refractivity contribution >= 4 is 5.97 Å². The number of hydrogen-bond acceptors (Lipinski definition) is 4. The van der Waals surface area contributed by atoms with Crippen molar-refractivity contribution in [2.24, 2.45) is 0 Å². The second kappa shape index (κ2) is 9.02. The van der Waals surface area contributed by atoms with Crippen LogP contribution in [0, 0.1) is 0 Å². The molecule has 0 aliphatic heterocycles. The van der Waals surface area contributed by atoms with E-state index >= 15 is 0 Å². The smallest absolute Gasteiger partial charge is 0.329 e. The van der Waals surface area contributed by atoms with Crippen LogP contribution in [0.2, 0.25) is 0 Å². The van der Waals surface area contributed by atoms with E-state index in [4.69, 9.17) is 15.0 Å². The highest BCUT2D eigenvalue weighted by Crippen LogP contribution is 1.48. The molecular formula is C2H10N2O3. The standard InChI is InChI=1S/C2H4O3.2H3N/c3-1-2(4)5;;/h3H,1H2,(H,4,5);2*1H3. The number of rotatable bonds is 1. The molecule has 0 aliphatic rings. The molecule has 0 amide bonds. The van der Waals surface area contributed by atoms with E-state index in [2.05, 4.69) is 0 Å². The summed E-state index contributed by atoms with van der Waals surface area (Å²) in [6.45, 7) is -0.778. The van der Waals surface area contributed by atoms with Crippen LogP contribution >= 0.6 is 0 Å². The summed E-state index contributed by atoms with van der Waals surface area (Å²) >= 11 is 0. The molecule has 46 valence electrons. The average molecular weight is 110 g/mol. The number of aliphatic carboxylic acids is 1. The maximum absolute atomic E-state index is 9.12. The Hall–Kier alpha value is -0.650. The molecule has 0 aromatic heterocycles. The summed E-state index contributed by atoms with van der Waals surface area (Å²) in [4.78, 5) is 9.12. The van der Waals surface area contributed by atoms with Gasteiger partial charge in [-0.1, -0.05) is 0 Å². The molecule has 0 spiro atoms. The van der Waals surface area contributed by atoms with Crippen molar-refractivity contribution in [3.05, 3.63) is 0 Å². The minimum absolute atomic E-state index is 0. The van der Waals surface area contributed by atoms with Gasteiger partial charge in [0, 0.05) is 0 Å². The van der Waals surface area contributed by atoms with E-state index in [-0.39, 0.29) is 12.3 Å². The lowest BCUT2D eigenvalue weighted by Gasteiger charge is -1.72. The number of carboxylic acid groups (broad SMARTS) is 1. The summed E-state index contributed by atoms with van der Waals surface area (Å²) in [5.41, 5.74) is 0. The third kappa shape index (κ3) is 32.9. The quantitative estimate of drug-likeness (QED) is 0.358. The highest BCUT2D eigenvalue weighted by Gasteiger charge is 1.82. The molecule has 0 fully saturated rings. The Balaban J connectivity index is -0.0000000800. The summed E-state index contributed by atoms with van der Waals surface area (Å²) in [7, 11) is 0. The van der Waals surface area contributed by atoms with Gasteiger partial charge in [-0.3, -0.25) is 0 Å². The van der Waals surface area contributed by atoms with Crippen molar-refractivity contribution < 1.29 is 15.0 Å². The van der Waals surface area contributed by atoms with Gasteiger partial charge in [0.15, 0.2) is 0 Å². The number of hydrogen-bond donors (Lipinski definition) is 4. The lowest BCUT2D eigenvalue weighted by atomic mass is 10.8. The van der Waals surface area contributed by atoms with Gasteiger partial charge in [0.2, 0.25) is 0 Å². The van der Waals surface area contributed by atoms with Crippen molar-refractivity contribution in [3.8, 4) is 0 Å². The van der Waals surface area contributed by atoms with Crippen LogP contribution in [0.3, 0.4) is 0 Å². The molecule has 8 N–H and O–H groups in total. The maximum atomic E-state index is 9.12. The Labute approximate surface area is 41.1 Å². The van der Waals surface area contributed by atoms with E-state index in [9.17, 15) is 0 Å². The molecule has 5 heteroatoms. The van der Waals surface area contributed by atoms with E-state index in [1.54, 1.807) is 0 Å². The van der Waals surface area contributed by atoms with Gasteiger partial charge >= 0.3 is 5.97 Å². The van der Waals surface area contributed by atoms with Gasteiger partial charge in [-0.05, 0) is 0 Å². The Kier molecular flexibility index (Phi) is 20.9. The summed E-state index contributed by atoms with van der Waals surface area (Å²) in [6, 6.07) is 0. The minimum Gasteiger partial charge on any atom is -0.480 e. The van der Waals surface area contributed by atoms with Crippen LogP contribution in [0.25, 0.3) is 0 Å². The highest BCUT2D eigenvalue weighted by atomic mass is 16.4. The van der Waals surface area contributed by atoms with Crippen LogP contribution in [0.1, 0.15) is 0 Å². The molecule has 0 atom stereocenters. The average Bonchev–Trinajstić information content (AvgIpc) is 1.38. The first-order chi connectivity index (χ1) is 2.27. The van der Waals surface area contributed by atoms with E-state index < -0.39 is 12.6 Å². The monoisotopic (exact) mass is 110 g/mol. The Morgan fingerprint density at radius 1 is 1.43 bits per heavy atom. The molecule has 0 aromatic carbocycles. The molecule has 0 saturated heterocycles. The van der Waals surface area contributed by atoms with Crippen LogP contribution in [0.5, 0.6) is 0 Å². The molecule has 0 rings (SSSR count). The molecular weight excluding hydrogens is 100 g/mol. The molecule has 0 radical (unpaired) electrons. The molecule has 0 heterocycles. The molecule has 0 bridgehead atoms. The van der Waals surface area contributed by atoms with E-state index in [1.165, 1.54) is 0 Å². The van der Waals surface area contributed by atoms with Crippen LogP contribution in [0.4, 0.5) is 0 Å². The van der Waals surface area contributed by atoms with Crippen molar-refractivity contribution in [2.45, 2.75) is 0 Å². The SMILES string of the molecule is N.N.O=C(O)CO. The van der Waals surface area contributed by atoms with Gasteiger partial charge in [0.05, 0.1) is 0 Å². The van der Waals surface area contributed by atoms with Crippen LogP contribution in [0.15, 0.2) is 0 Å². The lowest BCUT2D eigenvalue weighted by molar-refractivity contribution is -0.140. The maximum Gasteiger partial charge on any atom is 0.329 e. The Bertz CT molecular complexity index is 46.2. The van der Waals surface area contributed by atoms with E-state index in [0.717, 1.165) is 0 Å². The van der Waals surface area contributed by atoms with E-state index in [0.29, 0.717) is 0 Å². The summed E-state index contributed by atoms with van der Waals surface area (Å²) in [6.07, 6.45) is 0. The first-order valence-corrected chi connectivity index (χ1v) is 1.10.